The van der Waals surface area contributed by atoms with Gasteiger partial charge in [-0.05, 0) is 50.2 Å². The maximum Gasteiger partial charge on any atom is 0.289 e. The molecule has 0 radical (unpaired) electrons. The molecular weight excluding hydrogens is 359 g/mol. The lowest BCUT2D eigenvalue weighted by atomic mass is 10.0. The predicted octanol–water partition coefficient (Wildman–Crippen LogP) is 3.48. The highest BCUT2D eigenvalue weighted by atomic mass is 19.1. The second-order valence-electron chi connectivity index (χ2n) is 7.77. The van der Waals surface area contributed by atoms with Gasteiger partial charge in [0.25, 0.3) is 11.8 Å². The maximum atomic E-state index is 13.9. The van der Waals surface area contributed by atoms with Gasteiger partial charge in [0.15, 0.2) is 11.5 Å². The van der Waals surface area contributed by atoms with Crippen LogP contribution < -0.4 is 5.32 Å². The lowest BCUT2D eigenvalue weighted by molar-refractivity contribution is 0.0664. The van der Waals surface area contributed by atoms with E-state index >= 15 is 0 Å². The fraction of sp³-hybridized carbons (Fsp3) is 0.476. The molecule has 1 aromatic carbocycles. The number of fused-ring (bicyclic) bond motifs is 1. The van der Waals surface area contributed by atoms with Crippen molar-refractivity contribution in [2.75, 3.05) is 18.4 Å². The van der Waals surface area contributed by atoms with Crippen molar-refractivity contribution in [3.63, 3.8) is 0 Å². The number of hydrogen-bond acceptors (Lipinski definition) is 3. The normalized spacial score (nSPS) is 19.2. The smallest absolute Gasteiger partial charge is 0.289 e. The first-order valence-corrected chi connectivity index (χ1v) is 9.99. The van der Waals surface area contributed by atoms with Crippen LogP contribution in [0.15, 0.2) is 24.3 Å². The number of likely N-dealkylation sites (tertiary alicyclic amines) is 1. The molecule has 4 rings (SSSR count). The molecular formula is C21H25FN4O2. The average molecular weight is 384 g/mol. The first-order valence-electron chi connectivity index (χ1n) is 9.99. The Hall–Kier alpha value is -2.70. The van der Waals surface area contributed by atoms with Gasteiger partial charge in [-0.2, -0.15) is 0 Å². The molecule has 1 unspecified atom stereocenters. The van der Waals surface area contributed by atoms with Crippen LogP contribution in [0.4, 0.5) is 10.1 Å². The van der Waals surface area contributed by atoms with Crippen molar-refractivity contribution in [2.24, 2.45) is 5.92 Å². The molecule has 0 aliphatic carbocycles. The van der Waals surface area contributed by atoms with Crippen molar-refractivity contribution in [2.45, 2.75) is 45.6 Å². The third-order valence-electron chi connectivity index (χ3n) is 5.59. The molecule has 0 spiro atoms. The number of aromatic nitrogens is 2. The minimum absolute atomic E-state index is 0.111. The van der Waals surface area contributed by atoms with Gasteiger partial charge < -0.3 is 14.8 Å². The summed E-state index contributed by atoms with van der Waals surface area (Å²) in [6, 6.07) is 6.04. The molecule has 2 aliphatic heterocycles. The van der Waals surface area contributed by atoms with E-state index < -0.39 is 11.7 Å². The summed E-state index contributed by atoms with van der Waals surface area (Å²) in [5, 5.41) is 2.60. The molecule has 1 aromatic heterocycles. The van der Waals surface area contributed by atoms with Crippen LogP contribution in [0.5, 0.6) is 0 Å². The minimum atomic E-state index is -0.498. The summed E-state index contributed by atoms with van der Waals surface area (Å²) in [5.74, 6) is -0.274. The Morgan fingerprint density at radius 1 is 1.18 bits per heavy atom. The summed E-state index contributed by atoms with van der Waals surface area (Å²) in [4.78, 5) is 32.2. The van der Waals surface area contributed by atoms with Gasteiger partial charge in [0.1, 0.15) is 5.82 Å². The molecule has 1 fully saturated rings. The zero-order valence-electron chi connectivity index (χ0n) is 16.1. The number of benzene rings is 1. The molecule has 1 N–H and O–H groups in total. The van der Waals surface area contributed by atoms with Crippen LogP contribution in [-0.2, 0) is 13.0 Å². The third-order valence-corrected chi connectivity index (χ3v) is 5.59. The van der Waals surface area contributed by atoms with E-state index in [4.69, 9.17) is 0 Å². The molecule has 148 valence electrons. The van der Waals surface area contributed by atoms with Gasteiger partial charge in [-0.15, -0.1) is 0 Å². The number of hydrogen-bond donors (Lipinski definition) is 1. The van der Waals surface area contributed by atoms with Crippen LogP contribution in [0.2, 0.25) is 0 Å². The summed E-state index contributed by atoms with van der Waals surface area (Å²) < 4.78 is 15.8. The molecule has 2 aromatic rings. The molecule has 3 heterocycles. The Balaban J connectivity index is 1.64. The van der Waals surface area contributed by atoms with Crippen LogP contribution in [0, 0.1) is 11.7 Å². The third kappa shape index (κ3) is 3.53. The molecule has 2 aliphatic rings. The van der Waals surface area contributed by atoms with Gasteiger partial charge in [-0.25, -0.2) is 9.37 Å². The Labute approximate surface area is 163 Å². The number of para-hydroxylation sites is 1. The molecule has 28 heavy (non-hydrogen) atoms. The highest BCUT2D eigenvalue weighted by Crippen LogP contribution is 2.25. The van der Waals surface area contributed by atoms with E-state index in [9.17, 15) is 14.0 Å². The number of nitrogens with zero attached hydrogens (tertiary/aromatic N) is 3. The Kier molecular flexibility index (Phi) is 5.15. The largest absolute Gasteiger partial charge is 0.336 e. The minimum Gasteiger partial charge on any atom is -0.336 e. The van der Waals surface area contributed by atoms with E-state index in [2.05, 4.69) is 17.2 Å². The second-order valence-corrected chi connectivity index (χ2v) is 7.77. The monoisotopic (exact) mass is 384 g/mol. The standard InChI is InChI=1S/C21H25FN4O2/c1-14-7-6-11-25(13-14)21(28)19-24-18(17-10-4-5-12-26(17)19)20(27)23-16-9-3-2-8-15(16)22/h2-3,8-9,14H,4-7,10-13H2,1H3,(H,23,27). The number of amides is 2. The first-order chi connectivity index (χ1) is 13.5. The van der Waals surface area contributed by atoms with Crippen LogP contribution in [0.1, 0.15) is 59.4 Å². The zero-order valence-corrected chi connectivity index (χ0v) is 16.1. The second kappa shape index (κ2) is 7.73. The zero-order chi connectivity index (χ0) is 19.7. The van der Waals surface area contributed by atoms with Gasteiger partial charge in [-0.3, -0.25) is 9.59 Å². The molecule has 6 nitrogen and oxygen atoms in total. The molecule has 0 bridgehead atoms. The van der Waals surface area contributed by atoms with Crippen molar-refractivity contribution in [1.82, 2.24) is 14.5 Å². The lowest BCUT2D eigenvalue weighted by Gasteiger charge is -2.31. The highest BCUT2D eigenvalue weighted by molar-refractivity contribution is 6.05. The van der Waals surface area contributed by atoms with E-state index in [0.29, 0.717) is 24.7 Å². The van der Waals surface area contributed by atoms with Crippen LogP contribution in [0.25, 0.3) is 0 Å². The summed E-state index contributed by atoms with van der Waals surface area (Å²) in [5.41, 5.74) is 1.12. The number of imidazole rings is 1. The van der Waals surface area contributed by atoms with E-state index in [1.54, 1.807) is 12.1 Å². The summed E-state index contributed by atoms with van der Waals surface area (Å²) in [6.07, 6.45) is 4.70. The number of anilines is 1. The van der Waals surface area contributed by atoms with Crippen molar-refractivity contribution < 1.29 is 14.0 Å². The van der Waals surface area contributed by atoms with Crippen molar-refractivity contribution in [3.8, 4) is 0 Å². The van der Waals surface area contributed by atoms with Gasteiger partial charge >= 0.3 is 0 Å². The highest BCUT2D eigenvalue weighted by Gasteiger charge is 2.31. The van der Waals surface area contributed by atoms with Crippen molar-refractivity contribution in [1.29, 1.82) is 0 Å². The molecule has 0 saturated carbocycles. The Morgan fingerprint density at radius 3 is 2.79 bits per heavy atom. The fourth-order valence-electron chi connectivity index (χ4n) is 4.15. The Morgan fingerprint density at radius 2 is 2.00 bits per heavy atom. The van der Waals surface area contributed by atoms with Crippen LogP contribution in [-0.4, -0.2) is 39.4 Å². The van der Waals surface area contributed by atoms with Crippen molar-refractivity contribution >= 4 is 17.5 Å². The van der Waals surface area contributed by atoms with Gasteiger partial charge in [0, 0.05) is 19.6 Å². The van der Waals surface area contributed by atoms with E-state index in [1.807, 2.05) is 9.47 Å². The average Bonchev–Trinajstić information content (AvgIpc) is 3.09. The number of nitrogens with one attached hydrogen (secondary N) is 1. The number of carbonyl (C=O) groups is 2. The topological polar surface area (TPSA) is 67.2 Å². The number of halogens is 1. The van der Waals surface area contributed by atoms with Crippen LogP contribution in [0.3, 0.4) is 0 Å². The summed E-state index contributed by atoms with van der Waals surface area (Å²) >= 11 is 0. The quantitative estimate of drug-likeness (QED) is 0.881. The van der Waals surface area contributed by atoms with Crippen LogP contribution >= 0.6 is 0 Å². The number of rotatable bonds is 3. The molecule has 7 heteroatoms. The van der Waals surface area contributed by atoms with E-state index in [0.717, 1.165) is 44.5 Å². The Bertz CT molecular complexity index is 908. The lowest BCUT2D eigenvalue weighted by Crippen LogP contribution is -2.40. The SMILES string of the molecule is CC1CCCN(C(=O)c2nc(C(=O)Nc3ccccc3F)c3n2CCCC3)C1. The summed E-state index contributed by atoms with van der Waals surface area (Å²) in [6.45, 7) is 4.27. The number of carbonyl (C=O) groups excluding carboxylic acids is 2. The van der Waals surface area contributed by atoms with Gasteiger partial charge in [0.2, 0.25) is 0 Å². The van der Waals surface area contributed by atoms with Gasteiger partial charge in [-0.1, -0.05) is 19.1 Å². The van der Waals surface area contributed by atoms with E-state index in [-0.39, 0.29) is 17.3 Å². The van der Waals surface area contributed by atoms with E-state index in [1.165, 1.54) is 12.1 Å². The van der Waals surface area contributed by atoms with Crippen molar-refractivity contribution in [3.05, 3.63) is 47.3 Å². The number of piperidine rings is 1. The molecule has 2 amide bonds. The van der Waals surface area contributed by atoms with Gasteiger partial charge in [0.05, 0.1) is 11.4 Å². The maximum absolute atomic E-state index is 13.9. The summed E-state index contributed by atoms with van der Waals surface area (Å²) in [7, 11) is 0. The predicted molar refractivity (Wildman–Crippen MR) is 104 cm³/mol. The molecule has 1 saturated heterocycles. The molecule has 1 atom stereocenters. The first kappa shape index (κ1) is 18.7. The fourth-order valence-corrected chi connectivity index (χ4v) is 4.15.